The minimum Gasteiger partial charge on any atom is -0.481 e. The third-order valence-electron chi connectivity index (χ3n) is 5.15. The molecule has 0 saturated carbocycles. The van der Waals surface area contributed by atoms with E-state index < -0.39 is 0 Å². The van der Waals surface area contributed by atoms with Crippen molar-refractivity contribution in [1.29, 1.82) is 0 Å². The van der Waals surface area contributed by atoms with Crippen LogP contribution in [0.15, 0.2) is 41.2 Å². The molecule has 1 aliphatic rings. The summed E-state index contributed by atoms with van der Waals surface area (Å²) in [5, 5.41) is 1.12. The van der Waals surface area contributed by atoms with Gasteiger partial charge in [-0.1, -0.05) is 18.2 Å². The molecule has 0 spiro atoms. The molecule has 0 unspecified atom stereocenters. The highest BCUT2D eigenvalue weighted by molar-refractivity contribution is 5.80. The van der Waals surface area contributed by atoms with Gasteiger partial charge in [-0.05, 0) is 38.4 Å². The highest BCUT2D eigenvalue weighted by atomic mass is 16.5. The monoisotopic (exact) mass is 364 g/mol. The van der Waals surface area contributed by atoms with Crippen LogP contribution >= 0.6 is 0 Å². The number of fused-ring (bicyclic) bond motifs is 1. The van der Waals surface area contributed by atoms with Crippen LogP contribution in [0.3, 0.4) is 0 Å². The van der Waals surface area contributed by atoms with Crippen molar-refractivity contribution in [3.63, 3.8) is 0 Å². The van der Waals surface area contributed by atoms with Gasteiger partial charge in [0.05, 0.1) is 18.3 Å². The number of nitrogens with one attached hydrogen (secondary N) is 1. The topological polar surface area (TPSA) is 71.1 Å². The largest absolute Gasteiger partial charge is 0.481 e. The quantitative estimate of drug-likeness (QED) is 0.770. The number of aromatic nitrogens is 3. The Morgan fingerprint density at radius 2 is 2.11 bits per heavy atom. The molecule has 0 radical (unpaired) electrons. The maximum absolute atomic E-state index is 11.8. The highest BCUT2D eigenvalue weighted by Gasteiger charge is 2.24. The van der Waals surface area contributed by atoms with Gasteiger partial charge in [-0.15, -0.1) is 0 Å². The van der Waals surface area contributed by atoms with Crippen molar-refractivity contribution in [1.82, 2.24) is 19.9 Å². The van der Waals surface area contributed by atoms with Crippen LogP contribution in [0.2, 0.25) is 0 Å². The summed E-state index contributed by atoms with van der Waals surface area (Å²) in [6.07, 6.45) is 2.14. The zero-order valence-electron chi connectivity index (χ0n) is 15.7. The summed E-state index contributed by atoms with van der Waals surface area (Å²) in [5.74, 6) is 1.63. The van der Waals surface area contributed by atoms with Gasteiger partial charge in [0.15, 0.2) is 0 Å². The van der Waals surface area contributed by atoms with E-state index in [1.165, 1.54) is 0 Å². The number of aryl methyl sites for hydroxylation is 1. The summed E-state index contributed by atoms with van der Waals surface area (Å²) in [6.45, 7) is 4.51. The van der Waals surface area contributed by atoms with Crippen LogP contribution in [0.5, 0.6) is 5.88 Å². The first-order chi connectivity index (χ1) is 13.1. The molecule has 6 nitrogen and oxygen atoms in total. The normalized spacial score (nSPS) is 17.9. The number of methoxy groups -OCH3 is 1. The van der Waals surface area contributed by atoms with E-state index in [2.05, 4.69) is 32.0 Å². The Kier molecular flexibility index (Phi) is 4.90. The van der Waals surface area contributed by atoms with Crippen molar-refractivity contribution in [2.75, 3.05) is 20.2 Å². The highest BCUT2D eigenvalue weighted by Crippen LogP contribution is 2.29. The van der Waals surface area contributed by atoms with Crippen molar-refractivity contribution in [3.05, 3.63) is 63.8 Å². The summed E-state index contributed by atoms with van der Waals surface area (Å²) in [4.78, 5) is 26.1. The van der Waals surface area contributed by atoms with E-state index in [9.17, 15) is 4.79 Å². The fraction of sp³-hybridized carbons (Fsp3) is 0.381. The van der Waals surface area contributed by atoms with E-state index in [0.717, 1.165) is 54.6 Å². The van der Waals surface area contributed by atoms with Crippen LogP contribution in [0.25, 0.3) is 10.9 Å². The summed E-state index contributed by atoms with van der Waals surface area (Å²) in [7, 11) is 1.67. The number of ether oxygens (including phenoxy) is 1. The van der Waals surface area contributed by atoms with E-state index >= 15 is 0 Å². The smallest absolute Gasteiger partial charge is 0.251 e. The predicted octanol–water partition coefficient (Wildman–Crippen LogP) is 3.01. The summed E-state index contributed by atoms with van der Waals surface area (Å²) < 4.78 is 5.54. The lowest BCUT2D eigenvalue weighted by atomic mass is 9.94. The molecule has 1 fully saturated rings. The lowest BCUT2D eigenvalue weighted by molar-refractivity contribution is 0.195. The summed E-state index contributed by atoms with van der Waals surface area (Å²) >= 11 is 0. The second-order valence-electron chi connectivity index (χ2n) is 7.18. The van der Waals surface area contributed by atoms with Crippen LogP contribution in [-0.2, 0) is 6.54 Å². The molecule has 1 aliphatic heterocycles. The summed E-state index contributed by atoms with van der Waals surface area (Å²) in [6, 6.07) is 11.9. The van der Waals surface area contributed by atoms with Gasteiger partial charge in [0.25, 0.3) is 5.56 Å². The SMILES string of the molecule is COc1nc2ccccc2cc1CN1CCC[C@@H](c2cc(=O)[nH]c(C)n2)C1. The molecule has 27 heavy (non-hydrogen) atoms. The van der Waals surface area contributed by atoms with Crippen LogP contribution in [0, 0.1) is 6.92 Å². The number of nitrogens with zero attached hydrogens (tertiary/aromatic N) is 3. The van der Waals surface area contributed by atoms with Gasteiger partial charge in [0, 0.05) is 36.0 Å². The number of hydrogen-bond acceptors (Lipinski definition) is 5. The Balaban J connectivity index is 1.57. The Hall–Kier alpha value is -2.73. The molecule has 3 aromatic rings. The standard InChI is InChI=1S/C21H24N4O2/c1-14-22-19(11-20(26)23-14)16-7-5-9-25(12-16)13-17-10-15-6-3-4-8-18(15)24-21(17)27-2/h3-4,6,8,10-11,16H,5,7,9,12-13H2,1-2H3,(H,22,23,26)/t16-/m1/s1. The second kappa shape index (κ2) is 7.48. The van der Waals surface area contributed by atoms with E-state index in [-0.39, 0.29) is 11.5 Å². The fourth-order valence-corrected chi connectivity index (χ4v) is 3.93. The Morgan fingerprint density at radius 1 is 1.26 bits per heavy atom. The van der Waals surface area contributed by atoms with Crippen LogP contribution in [0.1, 0.15) is 35.8 Å². The van der Waals surface area contributed by atoms with Crippen LogP contribution < -0.4 is 10.3 Å². The first-order valence-corrected chi connectivity index (χ1v) is 9.35. The van der Waals surface area contributed by atoms with E-state index in [4.69, 9.17) is 4.74 Å². The van der Waals surface area contributed by atoms with E-state index in [0.29, 0.717) is 11.7 Å². The molecule has 0 aliphatic carbocycles. The number of hydrogen-bond donors (Lipinski definition) is 1. The van der Waals surface area contributed by atoms with Gasteiger partial charge in [-0.25, -0.2) is 9.97 Å². The van der Waals surface area contributed by atoms with Gasteiger partial charge in [0.1, 0.15) is 5.82 Å². The number of H-pyrrole nitrogens is 1. The zero-order chi connectivity index (χ0) is 18.8. The Bertz CT molecular complexity index is 1010. The fourth-order valence-electron chi connectivity index (χ4n) is 3.93. The number of rotatable bonds is 4. The van der Waals surface area contributed by atoms with Crippen molar-refractivity contribution < 1.29 is 4.74 Å². The average Bonchev–Trinajstić information content (AvgIpc) is 2.67. The van der Waals surface area contributed by atoms with E-state index in [1.54, 1.807) is 13.2 Å². The zero-order valence-corrected chi connectivity index (χ0v) is 15.7. The molecule has 140 valence electrons. The molecule has 1 N–H and O–H groups in total. The van der Waals surface area contributed by atoms with E-state index in [1.807, 2.05) is 25.1 Å². The number of likely N-dealkylation sites (tertiary alicyclic amines) is 1. The van der Waals surface area contributed by atoms with Gasteiger partial charge in [-0.3, -0.25) is 9.69 Å². The number of benzene rings is 1. The third-order valence-corrected chi connectivity index (χ3v) is 5.15. The van der Waals surface area contributed by atoms with Crippen molar-refractivity contribution in [3.8, 4) is 5.88 Å². The van der Waals surface area contributed by atoms with Crippen LogP contribution in [0.4, 0.5) is 0 Å². The third kappa shape index (κ3) is 3.85. The average molecular weight is 364 g/mol. The number of para-hydroxylation sites is 1. The molecular formula is C21H24N4O2. The molecule has 1 aromatic carbocycles. The molecule has 2 aromatic heterocycles. The number of piperidine rings is 1. The first kappa shape index (κ1) is 17.7. The predicted molar refractivity (Wildman–Crippen MR) is 105 cm³/mol. The molecule has 1 saturated heterocycles. The van der Waals surface area contributed by atoms with Crippen molar-refractivity contribution >= 4 is 10.9 Å². The van der Waals surface area contributed by atoms with Gasteiger partial charge >= 0.3 is 0 Å². The van der Waals surface area contributed by atoms with Gasteiger partial charge < -0.3 is 9.72 Å². The maximum Gasteiger partial charge on any atom is 0.251 e. The Labute approximate surface area is 158 Å². The maximum atomic E-state index is 11.8. The first-order valence-electron chi connectivity index (χ1n) is 9.35. The lowest BCUT2D eigenvalue weighted by Crippen LogP contribution is -2.34. The molecule has 0 bridgehead atoms. The number of pyridine rings is 1. The minimum absolute atomic E-state index is 0.0741. The Morgan fingerprint density at radius 3 is 2.93 bits per heavy atom. The molecule has 3 heterocycles. The van der Waals surface area contributed by atoms with Crippen molar-refractivity contribution in [2.24, 2.45) is 0 Å². The lowest BCUT2D eigenvalue weighted by Gasteiger charge is -2.32. The molecular weight excluding hydrogens is 340 g/mol. The number of aromatic amines is 1. The van der Waals surface area contributed by atoms with Gasteiger partial charge in [0.2, 0.25) is 5.88 Å². The van der Waals surface area contributed by atoms with Crippen LogP contribution in [-0.4, -0.2) is 40.1 Å². The van der Waals surface area contributed by atoms with Crippen molar-refractivity contribution in [2.45, 2.75) is 32.2 Å². The molecule has 1 atom stereocenters. The minimum atomic E-state index is -0.0741. The molecule has 4 rings (SSSR count). The molecule has 6 heteroatoms. The molecule has 0 amide bonds. The summed E-state index contributed by atoms with van der Waals surface area (Å²) in [5.41, 5.74) is 2.85. The van der Waals surface area contributed by atoms with Gasteiger partial charge in [-0.2, -0.15) is 0 Å². The second-order valence-corrected chi connectivity index (χ2v) is 7.18.